The topological polar surface area (TPSA) is 51.4 Å². The van der Waals surface area contributed by atoms with Crippen LogP contribution in [0, 0.1) is 6.92 Å². The molecule has 2 heterocycles. The van der Waals surface area contributed by atoms with Crippen molar-refractivity contribution >= 4 is 21.9 Å². The van der Waals surface area contributed by atoms with E-state index in [4.69, 9.17) is 19.1 Å². The van der Waals surface area contributed by atoms with E-state index in [0.29, 0.717) is 24.1 Å². The van der Waals surface area contributed by atoms with Gasteiger partial charge in [0, 0.05) is 10.9 Å². The van der Waals surface area contributed by atoms with Crippen molar-refractivity contribution in [3.63, 3.8) is 0 Å². The smallest absolute Gasteiger partial charge is 0.225 e. The molecular weight excluding hydrogens is 350 g/mol. The average molecular weight is 375 g/mol. The molecule has 144 valence electrons. The summed E-state index contributed by atoms with van der Waals surface area (Å²) in [6.45, 7) is 3.73. The van der Waals surface area contributed by atoms with E-state index in [-0.39, 0.29) is 0 Å². The second-order valence-corrected chi connectivity index (χ2v) is 7.28. The summed E-state index contributed by atoms with van der Waals surface area (Å²) < 4.78 is 12.1. The number of hydrogen-bond donors (Lipinski definition) is 0. The number of benzene rings is 2. The highest BCUT2D eigenvalue weighted by Gasteiger charge is 2.17. The molecule has 2 aromatic carbocycles. The van der Waals surface area contributed by atoms with Crippen LogP contribution < -0.4 is 4.74 Å². The van der Waals surface area contributed by atoms with Gasteiger partial charge in [0.1, 0.15) is 5.58 Å². The van der Waals surface area contributed by atoms with Gasteiger partial charge in [-0.2, -0.15) is 4.98 Å². The Balaban J connectivity index is 1.68. The molecule has 5 nitrogen and oxygen atoms in total. The van der Waals surface area contributed by atoms with Gasteiger partial charge in [-0.15, -0.1) is 0 Å². The Hall–Kier alpha value is -2.92. The quantitative estimate of drug-likeness (QED) is 0.422. The number of furan rings is 1. The summed E-state index contributed by atoms with van der Waals surface area (Å²) in [6.07, 6.45) is 2.07. The van der Waals surface area contributed by atoms with Crippen molar-refractivity contribution in [2.75, 3.05) is 27.2 Å². The lowest BCUT2D eigenvalue weighted by Crippen LogP contribution is -2.14. The lowest BCUT2D eigenvalue weighted by atomic mass is 10.1. The van der Waals surface area contributed by atoms with Crippen LogP contribution in [0.1, 0.15) is 18.4 Å². The highest BCUT2D eigenvalue weighted by atomic mass is 16.5. The molecule has 0 radical (unpaired) electrons. The summed E-state index contributed by atoms with van der Waals surface area (Å²) >= 11 is 0. The Bertz CT molecular complexity index is 1100. The van der Waals surface area contributed by atoms with Crippen molar-refractivity contribution in [2.45, 2.75) is 19.8 Å². The Morgan fingerprint density at radius 2 is 1.68 bits per heavy atom. The van der Waals surface area contributed by atoms with E-state index in [1.54, 1.807) is 0 Å². The Labute approximate surface area is 165 Å². The number of aryl methyl sites for hydroxylation is 1. The minimum Gasteiger partial charge on any atom is -0.477 e. The molecule has 4 aromatic rings. The first-order valence-electron chi connectivity index (χ1n) is 9.66. The van der Waals surface area contributed by atoms with E-state index in [2.05, 4.69) is 25.1 Å². The maximum atomic E-state index is 6.07. The third kappa shape index (κ3) is 3.71. The van der Waals surface area contributed by atoms with Crippen molar-refractivity contribution in [3.8, 4) is 17.5 Å². The highest BCUT2D eigenvalue weighted by Crippen LogP contribution is 2.33. The summed E-state index contributed by atoms with van der Waals surface area (Å²) in [6, 6.07) is 16.0. The normalized spacial score (nSPS) is 11.6. The third-order valence-electron chi connectivity index (χ3n) is 4.85. The lowest BCUT2D eigenvalue weighted by Gasteiger charge is -2.11. The molecule has 28 heavy (non-hydrogen) atoms. The maximum absolute atomic E-state index is 6.07. The molecule has 0 aliphatic rings. The maximum Gasteiger partial charge on any atom is 0.225 e. The number of rotatable bonds is 7. The van der Waals surface area contributed by atoms with Gasteiger partial charge in [0.25, 0.3) is 0 Å². The second kappa shape index (κ2) is 7.98. The number of unbranched alkanes of at least 4 members (excludes halogenated alkanes) is 1. The van der Waals surface area contributed by atoms with Crippen LogP contribution in [0.3, 0.4) is 0 Å². The summed E-state index contributed by atoms with van der Waals surface area (Å²) in [5.41, 5.74) is 2.75. The van der Waals surface area contributed by atoms with Crippen LogP contribution in [0.25, 0.3) is 33.5 Å². The van der Waals surface area contributed by atoms with Crippen LogP contribution in [0.4, 0.5) is 0 Å². The molecule has 0 amide bonds. The Kier molecular flexibility index (Phi) is 5.26. The van der Waals surface area contributed by atoms with Crippen LogP contribution in [0.2, 0.25) is 0 Å². The van der Waals surface area contributed by atoms with Crippen molar-refractivity contribution in [2.24, 2.45) is 0 Å². The molecule has 2 aromatic heterocycles. The molecule has 0 spiro atoms. The molecule has 0 atom stereocenters. The molecule has 0 N–H and O–H groups in total. The van der Waals surface area contributed by atoms with Gasteiger partial charge in [-0.05, 0) is 58.6 Å². The van der Waals surface area contributed by atoms with Gasteiger partial charge < -0.3 is 14.1 Å². The van der Waals surface area contributed by atoms with Gasteiger partial charge in [0.2, 0.25) is 5.88 Å². The predicted molar refractivity (Wildman–Crippen MR) is 113 cm³/mol. The van der Waals surface area contributed by atoms with E-state index in [1.165, 1.54) is 0 Å². The second-order valence-electron chi connectivity index (χ2n) is 7.28. The first-order valence-corrected chi connectivity index (χ1v) is 9.66. The van der Waals surface area contributed by atoms with Gasteiger partial charge >= 0.3 is 0 Å². The zero-order chi connectivity index (χ0) is 19.5. The molecule has 5 heteroatoms. The Morgan fingerprint density at radius 3 is 2.46 bits per heavy atom. The SMILES string of the molecule is Cc1c(-c2nc(OCCCCN(C)C)c3ccccc3n2)oc2ccccc12. The molecule has 0 saturated heterocycles. The minimum atomic E-state index is 0.565. The highest BCUT2D eigenvalue weighted by molar-refractivity contribution is 5.89. The first-order chi connectivity index (χ1) is 13.6. The van der Waals surface area contributed by atoms with Crippen LogP contribution >= 0.6 is 0 Å². The molecule has 0 aliphatic carbocycles. The molecule has 0 unspecified atom stereocenters. The van der Waals surface area contributed by atoms with E-state index in [9.17, 15) is 0 Å². The fourth-order valence-electron chi connectivity index (χ4n) is 3.35. The fourth-order valence-corrected chi connectivity index (χ4v) is 3.35. The van der Waals surface area contributed by atoms with Crippen molar-refractivity contribution in [1.29, 1.82) is 0 Å². The van der Waals surface area contributed by atoms with E-state index >= 15 is 0 Å². The summed E-state index contributed by atoms with van der Waals surface area (Å²) in [7, 11) is 4.17. The number of fused-ring (bicyclic) bond motifs is 2. The zero-order valence-corrected chi connectivity index (χ0v) is 16.6. The van der Waals surface area contributed by atoms with E-state index in [1.807, 2.05) is 49.4 Å². The monoisotopic (exact) mass is 375 g/mol. The van der Waals surface area contributed by atoms with Gasteiger partial charge in [0.15, 0.2) is 11.6 Å². The van der Waals surface area contributed by atoms with Gasteiger partial charge in [-0.3, -0.25) is 0 Å². The molecule has 0 aliphatic heterocycles. The summed E-state index contributed by atoms with van der Waals surface area (Å²) in [5, 5.41) is 2.01. The average Bonchev–Trinajstić information content (AvgIpc) is 3.04. The zero-order valence-electron chi connectivity index (χ0n) is 16.6. The van der Waals surface area contributed by atoms with Crippen molar-refractivity contribution in [1.82, 2.24) is 14.9 Å². The minimum absolute atomic E-state index is 0.565. The van der Waals surface area contributed by atoms with Crippen LogP contribution in [-0.4, -0.2) is 42.1 Å². The van der Waals surface area contributed by atoms with Gasteiger partial charge in [0.05, 0.1) is 17.5 Å². The van der Waals surface area contributed by atoms with Gasteiger partial charge in [-0.25, -0.2) is 4.98 Å². The largest absolute Gasteiger partial charge is 0.477 e. The van der Waals surface area contributed by atoms with Crippen LogP contribution in [0.5, 0.6) is 5.88 Å². The molecule has 0 saturated carbocycles. The fraction of sp³-hybridized carbons (Fsp3) is 0.304. The molecule has 4 rings (SSSR count). The number of para-hydroxylation sites is 2. The third-order valence-corrected chi connectivity index (χ3v) is 4.85. The van der Waals surface area contributed by atoms with E-state index in [0.717, 1.165) is 46.8 Å². The Morgan fingerprint density at radius 1 is 0.929 bits per heavy atom. The number of nitrogens with zero attached hydrogens (tertiary/aromatic N) is 3. The number of aromatic nitrogens is 2. The first kappa shape index (κ1) is 18.4. The summed E-state index contributed by atoms with van der Waals surface area (Å²) in [4.78, 5) is 11.6. The molecule has 0 bridgehead atoms. The standard InChI is InChI=1S/C23H25N3O2/c1-16-17-10-5-7-13-20(17)28-21(16)22-24-19-12-6-4-11-18(19)23(25-22)27-15-9-8-14-26(2)3/h4-7,10-13H,8-9,14-15H2,1-3H3. The van der Waals surface area contributed by atoms with Crippen LogP contribution in [-0.2, 0) is 0 Å². The number of ether oxygens (including phenoxy) is 1. The lowest BCUT2D eigenvalue weighted by molar-refractivity contribution is 0.287. The van der Waals surface area contributed by atoms with Crippen molar-refractivity contribution < 1.29 is 9.15 Å². The predicted octanol–water partition coefficient (Wildman–Crippen LogP) is 5.07. The van der Waals surface area contributed by atoms with Crippen molar-refractivity contribution in [3.05, 3.63) is 54.1 Å². The van der Waals surface area contributed by atoms with Gasteiger partial charge in [-0.1, -0.05) is 30.3 Å². The van der Waals surface area contributed by atoms with E-state index < -0.39 is 0 Å². The van der Waals surface area contributed by atoms with Crippen LogP contribution in [0.15, 0.2) is 52.9 Å². The summed E-state index contributed by atoms with van der Waals surface area (Å²) in [5.74, 6) is 1.88. The molecular formula is C23H25N3O2. The number of hydrogen-bond acceptors (Lipinski definition) is 5. The molecule has 0 fully saturated rings.